The lowest BCUT2D eigenvalue weighted by molar-refractivity contribution is -0.382. The average molecular weight is 354 g/mol. The molecule has 0 N–H and O–H groups in total. The standard InChI is InChI=1S/C8H9F9NO2S/c1-3-4-18(2)21(19,20)8(16,17)6(11,12)5(9,10)7(13,14)15/h3H,4H2,1-2H3. The molecule has 0 aromatic carbocycles. The molecule has 13 heteroatoms. The van der Waals surface area contributed by atoms with Crippen molar-refractivity contribution in [3.63, 3.8) is 0 Å². The number of hydrogen-bond acceptors (Lipinski definition) is 2. The topological polar surface area (TPSA) is 37.4 Å². The van der Waals surface area contributed by atoms with Gasteiger partial charge < -0.3 is 0 Å². The van der Waals surface area contributed by atoms with Crippen molar-refractivity contribution in [1.29, 1.82) is 0 Å². The third-order valence-electron chi connectivity index (χ3n) is 2.29. The predicted octanol–water partition coefficient (Wildman–Crippen LogP) is 2.90. The van der Waals surface area contributed by atoms with E-state index in [4.69, 9.17) is 0 Å². The monoisotopic (exact) mass is 354 g/mol. The number of nitrogens with zero attached hydrogens (tertiary/aromatic N) is 1. The fourth-order valence-electron chi connectivity index (χ4n) is 1.07. The molecule has 0 saturated heterocycles. The molecule has 127 valence electrons. The Balaban J connectivity index is 6.02. The summed E-state index contributed by atoms with van der Waals surface area (Å²) in [7, 11) is -6.14. The van der Waals surface area contributed by atoms with E-state index in [1.165, 1.54) is 0 Å². The Morgan fingerprint density at radius 2 is 1.29 bits per heavy atom. The third-order valence-corrected chi connectivity index (χ3v) is 4.16. The molecule has 0 unspecified atom stereocenters. The van der Waals surface area contributed by atoms with E-state index < -0.39 is 44.1 Å². The fraction of sp³-hybridized carbons (Fsp3) is 0.875. The average Bonchev–Trinajstić information content (AvgIpc) is 2.26. The smallest absolute Gasteiger partial charge is 0.206 e. The van der Waals surface area contributed by atoms with E-state index in [0.717, 1.165) is 13.3 Å². The molecule has 0 heterocycles. The van der Waals surface area contributed by atoms with Crippen LogP contribution < -0.4 is 0 Å². The first-order valence-electron chi connectivity index (χ1n) is 4.92. The van der Waals surface area contributed by atoms with E-state index in [1.54, 1.807) is 0 Å². The van der Waals surface area contributed by atoms with Gasteiger partial charge in [-0.25, -0.2) is 8.42 Å². The molecule has 0 aliphatic rings. The van der Waals surface area contributed by atoms with Gasteiger partial charge in [-0.05, 0) is 6.42 Å². The summed E-state index contributed by atoms with van der Waals surface area (Å²) in [6.07, 6.45) is -6.18. The molecular weight excluding hydrogens is 345 g/mol. The van der Waals surface area contributed by atoms with Crippen LogP contribution >= 0.6 is 0 Å². The SMILES string of the molecule is C[CH]CN(C)S(=O)(=O)C(F)(F)C(F)(F)C(F)(F)C(F)(F)F. The summed E-state index contributed by atoms with van der Waals surface area (Å²) in [5, 5.41) is -6.67. The van der Waals surface area contributed by atoms with Gasteiger partial charge in [0.15, 0.2) is 0 Å². The molecule has 0 atom stereocenters. The molecule has 0 bridgehead atoms. The molecule has 0 aliphatic heterocycles. The molecule has 21 heavy (non-hydrogen) atoms. The van der Waals surface area contributed by atoms with Gasteiger partial charge in [-0.2, -0.15) is 43.8 Å². The number of rotatable bonds is 6. The predicted molar refractivity (Wildman–Crippen MR) is 52.4 cm³/mol. The molecule has 0 aliphatic carbocycles. The lowest BCUT2D eigenvalue weighted by atomic mass is 10.1. The lowest BCUT2D eigenvalue weighted by Crippen LogP contribution is -2.65. The molecule has 1 radical (unpaired) electrons. The molecule has 0 amide bonds. The Morgan fingerprint density at radius 3 is 1.57 bits per heavy atom. The van der Waals surface area contributed by atoms with Crippen LogP contribution in [0.3, 0.4) is 0 Å². The van der Waals surface area contributed by atoms with Crippen molar-refractivity contribution in [3.05, 3.63) is 6.42 Å². The number of hydrogen-bond donors (Lipinski definition) is 0. The minimum Gasteiger partial charge on any atom is -0.206 e. The van der Waals surface area contributed by atoms with Crippen molar-refractivity contribution >= 4 is 10.0 Å². The van der Waals surface area contributed by atoms with E-state index in [0.29, 0.717) is 7.05 Å². The summed E-state index contributed by atoms with van der Waals surface area (Å²) in [5.74, 6) is -14.4. The van der Waals surface area contributed by atoms with Crippen molar-refractivity contribution in [1.82, 2.24) is 4.31 Å². The normalized spacial score (nSPS) is 15.6. The van der Waals surface area contributed by atoms with Gasteiger partial charge in [0.25, 0.3) is 10.0 Å². The first-order chi connectivity index (χ1) is 8.98. The summed E-state index contributed by atoms with van der Waals surface area (Å²) in [6.45, 7) is 0.220. The van der Waals surface area contributed by atoms with Crippen LogP contribution in [0.5, 0.6) is 0 Å². The summed E-state index contributed by atoms with van der Waals surface area (Å²) in [5.41, 5.74) is 0. The first kappa shape index (κ1) is 20.3. The Morgan fingerprint density at radius 1 is 0.905 bits per heavy atom. The minimum absolute atomic E-state index is 0.324. The van der Waals surface area contributed by atoms with Crippen LogP contribution in [-0.2, 0) is 10.0 Å². The van der Waals surface area contributed by atoms with Gasteiger partial charge in [0.2, 0.25) is 0 Å². The Kier molecular flexibility index (Phi) is 5.29. The number of sulfonamides is 1. The van der Waals surface area contributed by atoms with Crippen molar-refractivity contribution < 1.29 is 47.9 Å². The molecule has 0 rings (SSSR count). The van der Waals surface area contributed by atoms with Gasteiger partial charge in [0.1, 0.15) is 0 Å². The van der Waals surface area contributed by atoms with Crippen LogP contribution in [0.15, 0.2) is 0 Å². The largest absolute Gasteiger partial charge is 0.460 e. The lowest BCUT2D eigenvalue weighted by Gasteiger charge is -2.34. The zero-order valence-corrected chi connectivity index (χ0v) is 11.2. The summed E-state index contributed by atoms with van der Waals surface area (Å²) in [6, 6.07) is 0. The maximum atomic E-state index is 13.2. The molecule has 0 aromatic heterocycles. The summed E-state index contributed by atoms with van der Waals surface area (Å²) in [4.78, 5) is 0. The van der Waals surface area contributed by atoms with E-state index in [9.17, 15) is 47.9 Å². The second kappa shape index (κ2) is 5.48. The second-order valence-electron chi connectivity index (χ2n) is 3.86. The highest BCUT2D eigenvalue weighted by atomic mass is 32.2. The number of halogens is 9. The van der Waals surface area contributed by atoms with Crippen LogP contribution in [0.2, 0.25) is 0 Å². The van der Waals surface area contributed by atoms with Crippen LogP contribution in [0.1, 0.15) is 6.92 Å². The summed E-state index contributed by atoms with van der Waals surface area (Å²) >= 11 is 0. The van der Waals surface area contributed by atoms with E-state index >= 15 is 0 Å². The van der Waals surface area contributed by atoms with E-state index in [2.05, 4.69) is 0 Å². The molecule has 0 aromatic rings. The van der Waals surface area contributed by atoms with Gasteiger partial charge in [0, 0.05) is 13.6 Å². The minimum atomic E-state index is -7.24. The first-order valence-corrected chi connectivity index (χ1v) is 6.36. The van der Waals surface area contributed by atoms with E-state index in [-0.39, 0.29) is 0 Å². The maximum absolute atomic E-state index is 13.2. The molecule has 0 fully saturated rings. The zero-order valence-electron chi connectivity index (χ0n) is 10.4. The summed E-state index contributed by atoms with van der Waals surface area (Å²) < 4.78 is 135. The zero-order chi connectivity index (χ0) is 17.5. The fourth-order valence-corrected chi connectivity index (χ4v) is 2.26. The maximum Gasteiger partial charge on any atom is 0.460 e. The number of alkyl halides is 9. The Hall–Kier alpha value is -0.720. The molecular formula is C8H9F9NO2S. The van der Waals surface area contributed by atoms with Crippen LogP contribution in [0.25, 0.3) is 0 Å². The third kappa shape index (κ3) is 2.94. The van der Waals surface area contributed by atoms with Gasteiger partial charge in [-0.3, -0.25) is 0 Å². The highest BCUT2D eigenvalue weighted by Gasteiger charge is 2.85. The molecule has 0 saturated carbocycles. The Labute approximate surface area is 113 Å². The van der Waals surface area contributed by atoms with Gasteiger partial charge in [-0.15, -0.1) is 0 Å². The van der Waals surface area contributed by atoms with Crippen molar-refractivity contribution in [2.45, 2.75) is 30.2 Å². The second-order valence-corrected chi connectivity index (χ2v) is 5.94. The van der Waals surface area contributed by atoms with Crippen molar-refractivity contribution in [2.24, 2.45) is 0 Å². The van der Waals surface area contributed by atoms with Crippen molar-refractivity contribution in [3.8, 4) is 0 Å². The van der Waals surface area contributed by atoms with Crippen LogP contribution in [0.4, 0.5) is 39.5 Å². The highest BCUT2D eigenvalue weighted by Crippen LogP contribution is 2.55. The molecule has 0 spiro atoms. The van der Waals surface area contributed by atoms with Gasteiger partial charge >= 0.3 is 23.3 Å². The molecule has 3 nitrogen and oxygen atoms in total. The highest BCUT2D eigenvalue weighted by molar-refractivity contribution is 7.90. The van der Waals surface area contributed by atoms with E-state index in [1.807, 2.05) is 0 Å². The van der Waals surface area contributed by atoms with Gasteiger partial charge in [0.05, 0.1) is 0 Å². The Bertz CT molecular complexity index is 471. The van der Waals surface area contributed by atoms with Crippen molar-refractivity contribution in [2.75, 3.05) is 13.6 Å². The van der Waals surface area contributed by atoms with Gasteiger partial charge in [-0.1, -0.05) is 6.92 Å². The van der Waals surface area contributed by atoms with Crippen LogP contribution in [0, 0.1) is 6.42 Å². The quantitative estimate of drug-likeness (QED) is 0.688. The van der Waals surface area contributed by atoms with Crippen LogP contribution in [-0.4, -0.2) is 49.6 Å².